The predicted octanol–water partition coefficient (Wildman–Crippen LogP) is 6.74. The Morgan fingerprint density at radius 2 is 2.13 bits per heavy atom. The number of hydrogen-bond donors (Lipinski definition) is 3. The van der Waals surface area contributed by atoms with Crippen molar-refractivity contribution in [2.45, 2.75) is 47.0 Å². The molecular formula is C25H34N4S2. The third kappa shape index (κ3) is 9.49. The number of unbranched alkanes of at least 4 members (excludes halogenated alkanes) is 1. The molecule has 1 rings (SSSR count). The van der Waals surface area contributed by atoms with Crippen molar-refractivity contribution in [3.63, 3.8) is 0 Å². The van der Waals surface area contributed by atoms with Gasteiger partial charge in [-0.15, -0.1) is 0 Å². The zero-order valence-electron chi connectivity index (χ0n) is 19.0. The van der Waals surface area contributed by atoms with E-state index >= 15 is 0 Å². The standard InChI is InChI=1S/C25H34N4S2/c1-6-9-12-21(13-10-7-2)17-29-25(30)20(5)18-31-23(19(4)8-3)22(16-26)24-27-14-11-15-28-24/h6,9,11-16,18,26-27H,1,7-8,10,17H2,2-5H3,(H,29,30)/b12-9-,20-18+,21-13+,23-19-,24-22-,26-16?. The Balaban J connectivity index is 2.97. The summed E-state index contributed by atoms with van der Waals surface area (Å²) < 4.78 is 0. The maximum absolute atomic E-state index is 7.94. The van der Waals surface area contributed by atoms with E-state index in [-0.39, 0.29) is 0 Å². The molecule has 0 saturated carbocycles. The highest BCUT2D eigenvalue weighted by atomic mass is 32.2. The normalized spacial score (nSPS) is 16.6. The van der Waals surface area contributed by atoms with E-state index in [1.807, 2.05) is 30.7 Å². The highest BCUT2D eigenvalue weighted by Crippen LogP contribution is 2.32. The molecule has 1 aliphatic heterocycles. The average molecular weight is 455 g/mol. The van der Waals surface area contributed by atoms with Gasteiger partial charge in [0.05, 0.1) is 0 Å². The molecule has 1 aliphatic rings. The molecule has 0 radical (unpaired) electrons. The molecule has 6 heteroatoms. The van der Waals surface area contributed by atoms with Gasteiger partial charge >= 0.3 is 0 Å². The minimum atomic E-state index is 0.677. The van der Waals surface area contributed by atoms with E-state index in [1.165, 1.54) is 17.4 Å². The van der Waals surface area contributed by atoms with Crippen molar-refractivity contribution in [2.75, 3.05) is 6.54 Å². The summed E-state index contributed by atoms with van der Waals surface area (Å²) in [6.45, 7) is 12.8. The van der Waals surface area contributed by atoms with E-state index in [1.54, 1.807) is 24.1 Å². The van der Waals surface area contributed by atoms with Crippen LogP contribution in [0.25, 0.3) is 0 Å². The number of thiocarbonyl (C=S) groups is 1. The third-order valence-electron chi connectivity index (χ3n) is 4.47. The van der Waals surface area contributed by atoms with Gasteiger partial charge in [0.2, 0.25) is 0 Å². The number of nitrogens with one attached hydrogen (secondary N) is 3. The fourth-order valence-electron chi connectivity index (χ4n) is 2.51. The lowest BCUT2D eigenvalue weighted by molar-refractivity contribution is 0.933. The summed E-state index contributed by atoms with van der Waals surface area (Å²) in [6, 6.07) is 0. The SMILES string of the molecule is C=C/C=C\C(=C/CCC)CNC(=S)/C(C)=C/SC(=C(/C)CC)/C(C=N)=C1\N=CC=CN1. The molecule has 0 spiro atoms. The molecule has 0 bridgehead atoms. The molecule has 0 aromatic rings. The van der Waals surface area contributed by atoms with Gasteiger partial charge in [0.25, 0.3) is 0 Å². The summed E-state index contributed by atoms with van der Waals surface area (Å²) in [5, 5.41) is 16.5. The highest BCUT2D eigenvalue weighted by Gasteiger charge is 2.13. The van der Waals surface area contributed by atoms with Crippen LogP contribution in [-0.4, -0.2) is 24.0 Å². The first-order valence-electron chi connectivity index (χ1n) is 10.5. The first kappa shape index (κ1) is 26.6. The maximum Gasteiger partial charge on any atom is 0.139 e. The molecule has 0 amide bonds. The predicted molar refractivity (Wildman–Crippen MR) is 144 cm³/mol. The van der Waals surface area contributed by atoms with Crippen molar-refractivity contribution in [3.8, 4) is 0 Å². The second-order valence-electron chi connectivity index (χ2n) is 6.92. The molecule has 4 nitrogen and oxygen atoms in total. The smallest absolute Gasteiger partial charge is 0.139 e. The first-order valence-corrected chi connectivity index (χ1v) is 11.8. The van der Waals surface area contributed by atoms with Crippen LogP contribution in [0.2, 0.25) is 0 Å². The first-order chi connectivity index (χ1) is 15.0. The summed E-state index contributed by atoms with van der Waals surface area (Å²) >= 11 is 7.18. The fraction of sp³-hybridized carbons (Fsp3) is 0.320. The topological polar surface area (TPSA) is 60.3 Å². The van der Waals surface area contributed by atoms with Crippen LogP contribution in [0.1, 0.15) is 47.0 Å². The van der Waals surface area contributed by atoms with Gasteiger partial charge in [-0.05, 0) is 49.3 Å². The Bertz CT molecular complexity index is 868. The van der Waals surface area contributed by atoms with Gasteiger partial charge in [-0.1, -0.05) is 80.7 Å². The van der Waals surface area contributed by atoms with E-state index in [0.29, 0.717) is 12.4 Å². The summed E-state index contributed by atoms with van der Waals surface area (Å²) in [5.41, 5.74) is 4.15. The van der Waals surface area contributed by atoms with Gasteiger partial charge < -0.3 is 16.0 Å². The van der Waals surface area contributed by atoms with Crippen LogP contribution in [0, 0.1) is 5.41 Å². The van der Waals surface area contributed by atoms with E-state index in [9.17, 15) is 0 Å². The van der Waals surface area contributed by atoms with E-state index in [2.05, 4.69) is 55.1 Å². The Morgan fingerprint density at radius 1 is 1.35 bits per heavy atom. The number of allylic oxidation sites excluding steroid dienone is 6. The third-order valence-corrected chi connectivity index (χ3v) is 6.22. The fourth-order valence-corrected chi connectivity index (χ4v) is 3.76. The zero-order valence-corrected chi connectivity index (χ0v) is 20.6. The van der Waals surface area contributed by atoms with Gasteiger partial charge in [-0.3, -0.25) is 0 Å². The Labute approximate surface area is 197 Å². The summed E-state index contributed by atoms with van der Waals surface area (Å²) in [6.07, 6.45) is 17.8. The van der Waals surface area contributed by atoms with Crippen LogP contribution in [0.4, 0.5) is 0 Å². The van der Waals surface area contributed by atoms with Crippen molar-refractivity contribution in [1.82, 2.24) is 10.6 Å². The minimum Gasteiger partial charge on any atom is -0.372 e. The van der Waals surface area contributed by atoms with Crippen LogP contribution < -0.4 is 10.6 Å². The van der Waals surface area contributed by atoms with Crippen molar-refractivity contribution in [2.24, 2.45) is 4.99 Å². The van der Waals surface area contributed by atoms with Crippen molar-refractivity contribution < 1.29 is 0 Å². The molecule has 0 saturated heterocycles. The molecule has 0 aromatic carbocycles. The van der Waals surface area contributed by atoms with Gasteiger partial charge in [0.1, 0.15) is 10.8 Å². The van der Waals surface area contributed by atoms with E-state index < -0.39 is 0 Å². The average Bonchev–Trinajstić information content (AvgIpc) is 2.80. The lowest BCUT2D eigenvalue weighted by Gasteiger charge is -2.15. The molecule has 3 N–H and O–H groups in total. The van der Waals surface area contributed by atoms with Crippen LogP contribution in [0.5, 0.6) is 0 Å². The van der Waals surface area contributed by atoms with Crippen molar-refractivity contribution in [3.05, 3.63) is 81.6 Å². The highest BCUT2D eigenvalue weighted by molar-refractivity contribution is 8.06. The lowest BCUT2D eigenvalue weighted by atomic mass is 10.1. The van der Waals surface area contributed by atoms with Crippen LogP contribution in [-0.2, 0) is 0 Å². The van der Waals surface area contributed by atoms with E-state index in [0.717, 1.165) is 40.3 Å². The van der Waals surface area contributed by atoms with Gasteiger partial charge in [-0.25, -0.2) is 4.99 Å². The monoisotopic (exact) mass is 454 g/mol. The summed E-state index contributed by atoms with van der Waals surface area (Å²) in [4.78, 5) is 6.12. The molecule has 0 aromatic heterocycles. The number of nitrogens with zero attached hydrogens (tertiary/aromatic N) is 1. The van der Waals surface area contributed by atoms with Gasteiger partial charge in [-0.2, -0.15) is 0 Å². The Morgan fingerprint density at radius 3 is 2.71 bits per heavy atom. The second-order valence-corrected chi connectivity index (χ2v) is 8.20. The number of aliphatic imine (C=N–C) groups is 1. The molecule has 31 heavy (non-hydrogen) atoms. The van der Waals surface area contributed by atoms with Crippen LogP contribution >= 0.6 is 24.0 Å². The Hall–Kier alpha value is -2.44. The summed E-state index contributed by atoms with van der Waals surface area (Å²) in [7, 11) is 0. The molecule has 0 aliphatic carbocycles. The molecule has 0 fully saturated rings. The molecule has 166 valence electrons. The molecule has 0 unspecified atom stereocenters. The minimum absolute atomic E-state index is 0.677. The van der Waals surface area contributed by atoms with Crippen LogP contribution in [0.3, 0.4) is 0 Å². The van der Waals surface area contributed by atoms with Crippen molar-refractivity contribution in [1.29, 1.82) is 5.41 Å². The molecule has 1 heterocycles. The molecular weight excluding hydrogens is 420 g/mol. The second kappa shape index (κ2) is 15.4. The number of hydrogen-bond acceptors (Lipinski definition) is 5. The molecule has 0 atom stereocenters. The van der Waals surface area contributed by atoms with Crippen LogP contribution in [0.15, 0.2) is 86.6 Å². The maximum atomic E-state index is 7.94. The Kier molecular flexibility index (Phi) is 13.2. The zero-order chi connectivity index (χ0) is 23.1. The van der Waals surface area contributed by atoms with Gasteiger partial charge in [0, 0.05) is 35.7 Å². The number of rotatable bonds is 12. The van der Waals surface area contributed by atoms with Gasteiger partial charge in [0.15, 0.2) is 0 Å². The number of thioether (sulfide) groups is 1. The van der Waals surface area contributed by atoms with Crippen molar-refractivity contribution >= 4 is 41.4 Å². The quantitative estimate of drug-likeness (QED) is 0.132. The summed E-state index contributed by atoms with van der Waals surface area (Å²) in [5.74, 6) is 0.680. The largest absolute Gasteiger partial charge is 0.372 e. The lowest BCUT2D eigenvalue weighted by Crippen LogP contribution is -2.24. The van der Waals surface area contributed by atoms with E-state index in [4.69, 9.17) is 17.6 Å².